The molecule has 0 amide bonds. The first-order chi connectivity index (χ1) is 13.9. The maximum atomic E-state index is 13.7. The van der Waals surface area contributed by atoms with E-state index in [1.165, 1.54) is 0 Å². The molecule has 0 radical (unpaired) electrons. The van der Waals surface area contributed by atoms with Gasteiger partial charge in [-0.25, -0.2) is 13.1 Å². The Bertz CT molecular complexity index is 1250. The van der Waals surface area contributed by atoms with E-state index >= 15 is 0 Å². The number of hydrogen-bond acceptors (Lipinski definition) is 4. The molecule has 2 aliphatic rings. The number of sulfonamides is 1. The maximum Gasteiger partial charge on any atom is 0.243 e. The summed E-state index contributed by atoms with van der Waals surface area (Å²) in [4.78, 5) is 0.390. The zero-order valence-electron chi connectivity index (χ0n) is 16.9. The molecule has 2 aliphatic heterocycles. The first-order valence-corrected chi connectivity index (χ1v) is 11.4. The average molecular weight is 412 g/mol. The molecule has 4 heterocycles. The Hall–Kier alpha value is -2.58. The van der Waals surface area contributed by atoms with Gasteiger partial charge in [0.1, 0.15) is 16.8 Å². The van der Waals surface area contributed by atoms with Crippen molar-refractivity contribution in [3.05, 3.63) is 58.4 Å². The minimum Gasteiger partial charge on any atom is -0.345 e. The van der Waals surface area contributed by atoms with Gasteiger partial charge in [-0.1, -0.05) is 18.2 Å². The van der Waals surface area contributed by atoms with Crippen LogP contribution < -0.4 is 5.32 Å². The number of benzene rings is 1. The second-order valence-corrected chi connectivity index (χ2v) is 9.84. The molecule has 8 heteroatoms. The standard InChI is InChI=1S/C21H25N5O2S/c1-14-12-19-22-15(2)21(29(27,28)25-10-6-7-11-25)20(26(19)23-14)18-13-16-8-4-5-9-17(16)24(18)3/h4-5,8-9,12-13,20,22H,6-7,10-11H2,1-3H3. The van der Waals surface area contributed by atoms with Crippen LogP contribution in [0, 0.1) is 6.92 Å². The highest BCUT2D eigenvalue weighted by Gasteiger charge is 2.41. The summed E-state index contributed by atoms with van der Waals surface area (Å²) in [7, 11) is -1.63. The predicted octanol–water partition coefficient (Wildman–Crippen LogP) is 3.36. The third kappa shape index (κ3) is 2.73. The number of allylic oxidation sites excluding steroid dienone is 2. The Morgan fingerprint density at radius 3 is 2.55 bits per heavy atom. The molecule has 1 aromatic carbocycles. The second-order valence-electron chi connectivity index (χ2n) is 7.93. The van der Waals surface area contributed by atoms with E-state index in [1.807, 2.05) is 43.8 Å². The summed E-state index contributed by atoms with van der Waals surface area (Å²) in [6, 6.07) is 11.6. The lowest BCUT2D eigenvalue weighted by Crippen LogP contribution is -2.37. The third-order valence-corrected chi connectivity index (χ3v) is 8.12. The van der Waals surface area contributed by atoms with Crippen LogP contribution in [0.15, 0.2) is 47.0 Å². The van der Waals surface area contributed by atoms with Crippen LogP contribution in [0.2, 0.25) is 0 Å². The molecular weight excluding hydrogens is 386 g/mol. The molecule has 0 spiro atoms. The number of aromatic nitrogens is 3. The van der Waals surface area contributed by atoms with Crippen molar-refractivity contribution in [1.82, 2.24) is 18.7 Å². The number of hydrogen-bond donors (Lipinski definition) is 1. The fourth-order valence-electron chi connectivity index (χ4n) is 4.61. The van der Waals surface area contributed by atoms with Gasteiger partial charge < -0.3 is 9.88 Å². The number of anilines is 1. The lowest BCUT2D eigenvalue weighted by atomic mass is 10.1. The van der Waals surface area contributed by atoms with Crippen LogP contribution in [-0.2, 0) is 17.1 Å². The minimum absolute atomic E-state index is 0.390. The fraction of sp³-hybridized carbons (Fsp3) is 0.381. The molecule has 0 bridgehead atoms. The van der Waals surface area contributed by atoms with Gasteiger partial charge in [0, 0.05) is 43.1 Å². The SMILES string of the molecule is CC1=C(S(=O)(=O)N2CCCC2)C(c2cc3ccccc3n2C)n2nc(C)cc2N1. The number of nitrogens with one attached hydrogen (secondary N) is 1. The lowest BCUT2D eigenvalue weighted by Gasteiger charge is -2.32. The Balaban J connectivity index is 1.77. The molecule has 1 atom stereocenters. The molecule has 7 nitrogen and oxygen atoms in total. The molecule has 0 aliphatic carbocycles. The largest absolute Gasteiger partial charge is 0.345 e. The van der Waals surface area contributed by atoms with Crippen LogP contribution >= 0.6 is 0 Å². The third-order valence-electron chi connectivity index (χ3n) is 5.99. The summed E-state index contributed by atoms with van der Waals surface area (Å²) in [5, 5.41) is 9.03. The summed E-state index contributed by atoms with van der Waals surface area (Å²) in [5.74, 6) is 0.815. The van der Waals surface area contributed by atoms with E-state index in [2.05, 4.69) is 33.2 Å². The van der Waals surface area contributed by atoms with Crippen molar-refractivity contribution in [3.8, 4) is 0 Å². The van der Waals surface area contributed by atoms with Crippen LogP contribution in [0.5, 0.6) is 0 Å². The summed E-state index contributed by atoms with van der Waals surface area (Å²) in [6.45, 7) is 4.93. The number of para-hydroxylation sites is 1. The Morgan fingerprint density at radius 1 is 1.10 bits per heavy atom. The molecule has 3 aromatic rings. The summed E-state index contributed by atoms with van der Waals surface area (Å²) in [5.41, 5.74) is 3.50. The molecule has 0 saturated carbocycles. The van der Waals surface area contributed by atoms with Crippen LogP contribution in [0.4, 0.5) is 5.82 Å². The van der Waals surface area contributed by atoms with Crippen LogP contribution in [0.1, 0.15) is 37.2 Å². The first-order valence-electron chi connectivity index (χ1n) is 9.96. The molecule has 1 unspecified atom stereocenters. The van der Waals surface area contributed by atoms with Crippen molar-refractivity contribution in [3.63, 3.8) is 0 Å². The average Bonchev–Trinajstić information content (AvgIpc) is 3.40. The van der Waals surface area contributed by atoms with Gasteiger partial charge in [-0.15, -0.1) is 0 Å². The number of rotatable bonds is 3. The Labute approximate surface area is 170 Å². The van der Waals surface area contributed by atoms with Gasteiger partial charge in [-0.3, -0.25) is 0 Å². The summed E-state index contributed by atoms with van der Waals surface area (Å²) in [6.07, 6.45) is 1.81. The van der Waals surface area contributed by atoms with Gasteiger partial charge in [-0.2, -0.15) is 9.40 Å². The van der Waals surface area contributed by atoms with Gasteiger partial charge >= 0.3 is 0 Å². The molecule has 2 aromatic heterocycles. The van der Waals surface area contributed by atoms with E-state index in [9.17, 15) is 8.42 Å². The minimum atomic E-state index is -3.62. The topological polar surface area (TPSA) is 72.2 Å². The van der Waals surface area contributed by atoms with E-state index in [0.717, 1.165) is 41.0 Å². The van der Waals surface area contributed by atoms with Gasteiger partial charge in [-0.05, 0) is 44.2 Å². The van der Waals surface area contributed by atoms with E-state index in [-0.39, 0.29) is 0 Å². The molecule has 1 saturated heterocycles. The molecule has 5 rings (SSSR count). The second kappa shape index (κ2) is 6.47. The zero-order chi connectivity index (χ0) is 20.3. The van der Waals surface area contributed by atoms with Crippen LogP contribution in [-0.4, -0.2) is 40.2 Å². The summed E-state index contributed by atoms with van der Waals surface area (Å²) >= 11 is 0. The van der Waals surface area contributed by atoms with Gasteiger partial charge in [0.15, 0.2) is 0 Å². The van der Waals surface area contributed by atoms with Crippen molar-refractivity contribution in [2.45, 2.75) is 32.7 Å². The Morgan fingerprint density at radius 2 is 1.83 bits per heavy atom. The molecule has 1 N–H and O–H groups in total. The maximum absolute atomic E-state index is 13.7. The highest BCUT2D eigenvalue weighted by Crippen LogP contribution is 2.41. The molecule has 152 valence electrons. The molecule has 1 fully saturated rings. The quantitative estimate of drug-likeness (QED) is 0.717. The highest BCUT2D eigenvalue weighted by molar-refractivity contribution is 7.93. The highest BCUT2D eigenvalue weighted by atomic mass is 32.2. The fourth-order valence-corrected chi connectivity index (χ4v) is 6.57. The van der Waals surface area contributed by atoms with Crippen molar-refractivity contribution in [1.29, 1.82) is 0 Å². The van der Waals surface area contributed by atoms with Crippen LogP contribution in [0.25, 0.3) is 10.9 Å². The van der Waals surface area contributed by atoms with E-state index in [0.29, 0.717) is 23.7 Å². The van der Waals surface area contributed by atoms with E-state index in [4.69, 9.17) is 0 Å². The van der Waals surface area contributed by atoms with E-state index < -0.39 is 16.1 Å². The molecular formula is C21H25N5O2S. The number of fused-ring (bicyclic) bond motifs is 2. The van der Waals surface area contributed by atoms with Crippen molar-refractivity contribution in [2.24, 2.45) is 7.05 Å². The van der Waals surface area contributed by atoms with Crippen molar-refractivity contribution in [2.75, 3.05) is 18.4 Å². The van der Waals surface area contributed by atoms with Crippen molar-refractivity contribution < 1.29 is 8.42 Å². The first kappa shape index (κ1) is 18.4. The van der Waals surface area contributed by atoms with Gasteiger partial charge in [0.05, 0.1) is 5.69 Å². The lowest BCUT2D eigenvalue weighted by molar-refractivity contribution is 0.470. The normalized spacial score (nSPS) is 20.3. The zero-order valence-corrected chi connectivity index (χ0v) is 17.7. The number of aryl methyl sites for hydroxylation is 2. The van der Waals surface area contributed by atoms with Crippen LogP contribution in [0.3, 0.4) is 0 Å². The van der Waals surface area contributed by atoms with Gasteiger partial charge in [0.25, 0.3) is 0 Å². The summed E-state index contributed by atoms with van der Waals surface area (Å²) < 4.78 is 32.9. The Kier molecular flexibility index (Phi) is 4.11. The monoisotopic (exact) mass is 411 g/mol. The van der Waals surface area contributed by atoms with Gasteiger partial charge in [0.2, 0.25) is 10.0 Å². The molecule has 29 heavy (non-hydrogen) atoms. The number of nitrogens with zero attached hydrogens (tertiary/aromatic N) is 4. The van der Waals surface area contributed by atoms with Crippen molar-refractivity contribution >= 4 is 26.7 Å². The van der Waals surface area contributed by atoms with E-state index in [1.54, 1.807) is 4.31 Å². The smallest absolute Gasteiger partial charge is 0.243 e. The predicted molar refractivity (Wildman–Crippen MR) is 114 cm³/mol.